The lowest BCUT2D eigenvalue weighted by Gasteiger charge is -2.10. The molecule has 0 N–H and O–H groups in total. The molecule has 0 amide bonds. The standard InChI is InChI=1S/C23H22N4OS/c1-17-13-21(18(2)26(17)14-19-9-5-3-6-10-19)22(28)15-29-23-25-24-16-27(23)20-11-7-4-8-12-20/h3-13,16H,14-15H2,1-2H3. The van der Waals surface area contributed by atoms with E-state index in [0.717, 1.165) is 29.2 Å². The molecule has 0 fully saturated rings. The molecular formula is C23H22N4OS. The van der Waals surface area contributed by atoms with E-state index in [2.05, 4.69) is 26.9 Å². The Balaban J connectivity index is 1.49. The summed E-state index contributed by atoms with van der Waals surface area (Å²) in [5.74, 6) is 0.422. The average Bonchev–Trinajstić information content (AvgIpc) is 3.33. The number of aromatic nitrogens is 4. The zero-order valence-corrected chi connectivity index (χ0v) is 17.3. The third-order valence-electron chi connectivity index (χ3n) is 4.94. The number of nitrogens with zero attached hydrogens (tertiary/aromatic N) is 4. The van der Waals surface area contributed by atoms with Crippen molar-refractivity contribution in [2.45, 2.75) is 25.5 Å². The largest absolute Gasteiger partial charge is 0.344 e. The van der Waals surface area contributed by atoms with Crippen LogP contribution in [0.4, 0.5) is 0 Å². The number of rotatable bonds is 7. The van der Waals surface area contributed by atoms with Gasteiger partial charge in [0.15, 0.2) is 10.9 Å². The molecule has 0 aliphatic heterocycles. The van der Waals surface area contributed by atoms with Crippen molar-refractivity contribution in [3.8, 4) is 5.69 Å². The van der Waals surface area contributed by atoms with Crippen LogP contribution in [0.2, 0.25) is 0 Å². The monoisotopic (exact) mass is 402 g/mol. The van der Waals surface area contributed by atoms with Crippen molar-refractivity contribution in [2.75, 3.05) is 5.75 Å². The van der Waals surface area contributed by atoms with Gasteiger partial charge in [-0.3, -0.25) is 9.36 Å². The number of Topliss-reactive ketones (excluding diaryl/α,β-unsaturated/α-hetero) is 1. The third-order valence-corrected chi connectivity index (χ3v) is 5.88. The SMILES string of the molecule is Cc1cc(C(=O)CSc2nncn2-c2ccccc2)c(C)n1Cc1ccccc1. The molecule has 0 spiro atoms. The van der Waals surface area contributed by atoms with E-state index in [4.69, 9.17) is 0 Å². The first-order chi connectivity index (χ1) is 14.1. The number of carbonyl (C=O) groups is 1. The van der Waals surface area contributed by atoms with Crippen molar-refractivity contribution in [1.29, 1.82) is 0 Å². The van der Waals surface area contributed by atoms with Crippen molar-refractivity contribution < 1.29 is 4.79 Å². The highest BCUT2D eigenvalue weighted by Crippen LogP contribution is 2.23. The van der Waals surface area contributed by atoms with Gasteiger partial charge in [0, 0.05) is 29.2 Å². The maximum absolute atomic E-state index is 12.9. The van der Waals surface area contributed by atoms with Gasteiger partial charge in [-0.15, -0.1) is 10.2 Å². The summed E-state index contributed by atoms with van der Waals surface area (Å²) < 4.78 is 4.09. The highest BCUT2D eigenvalue weighted by Gasteiger charge is 2.17. The summed E-state index contributed by atoms with van der Waals surface area (Å²) in [5.41, 5.74) is 5.07. The van der Waals surface area contributed by atoms with Gasteiger partial charge in [0.2, 0.25) is 0 Å². The number of benzene rings is 2. The van der Waals surface area contributed by atoms with Crippen LogP contribution >= 0.6 is 11.8 Å². The fourth-order valence-corrected chi connectivity index (χ4v) is 4.20. The normalized spacial score (nSPS) is 11.0. The molecule has 0 unspecified atom stereocenters. The first-order valence-corrected chi connectivity index (χ1v) is 10.4. The molecule has 2 aromatic heterocycles. The third kappa shape index (κ3) is 4.17. The van der Waals surface area contributed by atoms with Gasteiger partial charge in [-0.2, -0.15) is 0 Å². The van der Waals surface area contributed by atoms with Gasteiger partial charge >= 0.3 is 0 Å². The molecule has 4 aromatic rings. The van der Waals surface area contributed by atoms with Crippen LogP contribution in [0.5, 0.6) is 0 Å². The topological polar surface area (TPSA) is 52.7 Å². The number of para-hydroxylation sites is 1. The van der Waals surface area contributed by atoms with E-state index in [1.54, 1.807) is 6.33 Å². The summed E-state index contributed by atoms with van der Waals surface area (Å²) in [6.07, 6.45) is 1.67. The van der Waals surface area contributed by atoms with Crippen LogP contribution in [0.15, 0.2) is 78.2 Å². The lowest BCUT2D eigenvalue weighted by atomic mass is 10.2. The Morgan fingerprint density at radius 1 is 1.00 bits per heavy atom. The molecule has 6 heteroatoms. The zero-order chi connectivity index (χ0) is 20.2. The van der Waals surface area contributed by atoms with E-state index in [0.29, 0.717) is 10.9 Å². The summed E-state index contributed by atoms with van der Waals surface area (Å²) in [4.78, 5) is 12.9. The predicted molar refractivity (Wildman–Crippen MR) is 116 cm³/mol. The van der Waals surface area contributed by atoms with E-state index < -0.39 is 0 Å². The minimum absolute atomic E-state index is 0.102. The van der Waals surface area contributed by atoms with Crippen LogP contribution in [-0.2, 0) is 6.54 Å². The zero-order valence-electron chi connectivity index (χ0n) is 16.4. The maximum Gasteiger partial charge on any atom is 0.196 e. The summed E-state index contributed by atoms with van der Waals surface area (Å²) in [6.45, 7) is 4.83. The number of ketones is 1. The lowest BCUT2D eigenvalue weighted by molar-refractivity contribution is 0.102. The van der Waals surface area contributed by atoms with Gasteiger partial charge in [-0.25, -0.2) is 0 Å². The van der Waals surface area contributed by atoms with Crippen LogP contribution in [0.1, 0.15) is 27.3 Å². The number of thioether (sulfide) groups is 1. The van der Waals surface area contributed by atoms with Crippen LogP contribution in [0.25, 0.3) is 5.69 Å². The first-order valence-electron chi connectivity index (χ1n) is 9.45. The van der Waals surface area contributed by atoms with Crippen molar-refractivity contribution in [3.63, 3.8) is 0 Å². The number of hydrogen-bond acceptors (Lipinski definition) is 4. The van der Waals surface area contributed by atoms with Gasteiger partial charge in [0.05, 0.1) is 5.75 Å². The van der Waals surface area contributed by atoms with Crippen LogP contribution < -0.4 is 0 Å². The van der Waals surface area contributed by atoms with Gasteiger partial charge < -0.3 is 4.57 Å². The molecule has 0 saturated heterocycles. The molecule has 0 radical (unpaired) electrons. The summed E-state index contributed by atoms with van der Waals surface area (Å²) >= 11 is 1.41. The molecule has 4 rings (SSSR count). The Labute approximate surface area is 174 Å². The quantitative estimate of drug-likeness (QED) is 0.332. The summed E-state index contributed by atoms with van der Waals surface area (Å²) in [5, 5.41) is 8.90. The van der Waals surface area contributed by atoms with Crippen LogP contribution in [-0.4, -0.2) is 30.9 Å². The fraction of sp³-hybridized carbons (Fsp3) is 0.174. The molecule has 0 saturated carbocycles. The molecule has 2 aromatic carbocycles. The van der Waals surface area contributed by atoms with Crippen LogP contribution in [0.3, 0.4) is 0 Å². The van der Waals surface area contributed by atoms with Gasteiger partial charge in [-0.05, 0) is 37.6 Å². The molecule has 146 valence electrons. The second kappa shape index (κ2) is 8.49. The molecule has 0 atom stereocenters. The van der Waals surface area contributed by atoms with E-state index in [1.807, 2.05) is 73.0 Å². The summed E-state index contributed by atoms with van der Waals surface area (Å²) in [6, 6.07) is 22.2. The number of carbonyl (C=O) groups excluding carboxylic acids is 1. The number of hydrogen-bond donors (Lipinski definition) is 0. The van der Waals surface area contributed by atoms with Crippen molar-refractivity contribution in [2.24, 2.45) is 0 Å². The maximum atomic E-state index is 12.9. The van der Waals surface area contributed by atoms with Crippen molar-refractivity contribution in [3.05, 3.63) is 95.6 Å². The molecule has 5 nitrogen and oxygen atoms in total. The van der Waals surface area contributed by atoms with E-state index in [9.17, 15) is 4.79 Å². The fourth-order valence-electron chi connectivity index (χ4n) is 3.39. The second-order valence-corrected chi connectivity index (χ2v) is 7.83. The molecule has 29 heavy (non-hydrogen) atoms. The predicted octanol–water partition coefficient (Wildman–Crippen LogP) is 4.71. The van der Waals surface area contributed by atoms with E-state index in [-0.39, 0.29) is 5.78 Å². The van der Waals surface area contributed by atoms with Gasteiger partial charge in [0.25, 0.3) is 0 Å². The lowest BCUT2D eigenvalue weighted by Crippen LogP contribution is -2.08. The Morgan fingerprint density at radius 2 is 1.69 bits per heavy atom. The number of aryl methyl sites for hydroxylation is 1. The minimum atomic E-state index is 0.102. The van der Waals surface area contributed by atoms with Gasteiger partial charge in [-0.1, -0.05) is 60.3 Å². The van der Waals surface area contributed by atoms with E-state index >= 15 is 0 Å². The highest BCUT2D eigenvalue weighted by atomic mass is 32.2. The van der Waals surface area contributed by atoms with Crippen LogP contribution in [0, 0.1) is 13.8 Å². The molecule has 0 bridgehead atoms. The molecule has 0 aliphatic rings. The smallest absolute Gasteiger partial charge is 0.196 e. The Bertz CT molecular complexity index is 1120. The Morgan fingerprint density at radius 3 is 2.41 bits per heavy atom. The van der Waals surface area contributed by atoms with Crippen molar-refractivity contribution in [1.82, 2.24) is 19.3 Å². The highest BCUT2D eigenvalue weighted by molar-refractivity contribution is 7.99. The first kappa shape index (κ1) is 19.2. The average molecular weight is 403 g/mol. The minimum Gasteiger partial charge on any atom is -0.344 e. The van der Waals surface area contributed by atoms with E-state index in [1.165, 1.54) is 17.3 Å². The molecular weight excluding hydrogens is 380 g/mol. The second-order valence-electron chi connectivity index (χ2n) is 6.89. The Kier molecular flexibility index (Phi) is 5.62. The molecule has 2 heterocycles. The molecule has 0 aliphatic carbocycles. The summed E-state index contributed by atoms with van der Waals surface area (Å²) in [7, 11) is 0. The van der Waals surface area contributed by atoms with Gasteiger partial charge in [0.1, 0.15) is 6.33 Å². The van der Waals surface area contributed by atoms with Crippen molar-refractivity contribution >= 4 is 17.5 Å². The Hall–Kier alpha value is -3.12.